The van der Waals surface area contributed by atoms with E-state index in [2.05, 4.69) is 20.3 Å². The lowest BCUT2D eigenvalue weighted by atomic mass is 10.2. The number of aromatic nitrogens is 3. The van der Waals surface area contributed by atoms with Gasteiger partial charge in [-0.3, -0.25) is 0 Å². The molecule has 0 amide bonds. The van der Waals surface area contributed by atoms with Crippen molar-refractivity contribution in [2.24, 2.45) is 0 Å². The van der Waals surface area contributed by atoms with Gasteiger partial charge in [-0.15, -0.1) is 0 Å². The standard InChI is InChI=1S/C12H21N5O2/c1-8(2)19-12-15-10(13-3)14-11(16-12)17(4)9-5-6-18-7-9/h8-9H,5-7H2,1-4H3,(H,13,14,15,16). The summed E-state index contributed by atoms with van der Waals surface area (Å²) in [5.74, 6) is 1.11. The zero-order valence-corrected chi connectivity index (χ0v) is 11.9. The Kier molecular flexibility index (Phi) is 4.36. The zero-order chi connectivity index (χ0) is 13.8. The highest BCUT2D eigenvalue weighted by Crippen LogP contribution is 2.19. The van der Waals surface area contributed by atoms with Crippen molar-refractivity contribution in [1.82, 2.24) is 15.0 Å². The number of ether oxygens (including phenoxy) is 2. The second-order valence-corrected chi connectivity index (χ2v) is 4.79. The van der Waals surface area contributed by atoms with E-state index in [0.29, 0.717) is 30.6 Å². The summed E-state index contributed by atoms with van der Waals surface area (Å²) < 4.78 is 10.9. The van der Waals surface area contributed by atoms with Crippen molar-refractivity contribution in [3.05, 3.63) is 0 Å². The predicted octanol–water partition coefficient (Wildman–Crippen LogP) is 0.926. The highest BCUT2D eigenvalue weighted by atomic mass is 16.5. The lowest BCUT2D eigenvalue weighted by molar-refractivity contribution is 0.193. The molecule has 106 valence electrons. The molecule has 0 saturated carbocycles. The fourth-order valence-corrected chi connectivity index (χ4v) is 1.87. The van der Waals surface area contributed by atoms with Crippen molar-refractivity contribution in [3.8, 4) is 6.01 Å². The molecule has 1 atom stereocenters. The van der Waals surface area contributed by atoms with Crippen molar-refractivity contribution in [2.45, 2.75) is 32.4 Å². The number of nitrogens with zero attached hydrogens (tertiary/aromatic N) is 4. The van der Waals surface area contributed by atoms with Crippen LogP contribution in [0.15, 0.2) is 0 Å². The highest BCUT2D eigenvalue weighted by Gasteiger charge is 2.23. The molecule has 7 nitrogen and oxygen atoms in total. The quantitative estimate of drug-likeness (QED) is 0.850. The Labute approximate surface area is 113 Å². The van der Waals surface area contributed by atoms with Crippen molar-refractivity contribution >= 4 is 11.9 Å². The molecule has 1 aliphatic heterocycles. The molecule has 1 fully saturated rings. The van der Waals surface area contributed by atoms with Gasteiger partial charge in [-0.25, -0.2) is 0 Å². The van der Waals surface area contributed by atoms with Crippen LogP contribution in [0.1, 0.15) is 20.3 Å². The molecule has 1 aromatic heterocycles. The maximum Gasteiger partial charge on any atom is 0.323 e. The van der Waals surface area contributed by atoms with Gasteiger partial charge < -0.3 is 19.7 Å². The minimum Gasteiger partial charge on any atom is -0.461 e. The third-order valence-corrected chi connectivity index (χ3v) is 2.94. The van der Waals surface area contributed by atoms with Gasteiger partial charge in [0.1, 0.15) is 0 Å². The van der Waals surface area contributed by atoms with Crippen LogP contribution in [0.3, 0.4) is 0 Å². The first-order chi connectivity index (χ1) is 9.10. The van der Waals surface area contributed by atoms with E-state index in [1.807, 2.05) is 25.8 Å². The average molecular weight is 267 g/mol. The molecule has 2 rings (SSSR count). The number of rotatable bonds is 5. The summed E-state index contributed by atoms with van der Waals surface area (Å²) in [5.41, 5.74) is 0. The van der Waals surface area contributed by atoms with Gasteiger partial charge in [0.25, 0.3) is 0 Å². The molecule has 0 bridgehead atoms. The normalized spacial score (nSPS) is 18.7. The second-order valence-electron chi connectivity index (χ2n) is 4.79. The number of anilines is 2. The summed E-state index contributed by atoms with van der Waals surface area (Å²) >= 11 is 0. The summed E-state index contributed by atoms with van der Waals surface area (Å²) in [7, 11) is 3.74. The molecule has 0 radical (unpaired) electrons. The van der Waals surface area contributed by atoms with Crippen molar-refractivity contribution in [3.63, 3.8) is 0 Å². The van der Waals surface area contributed by atoms with Crippen LogP contribution in [0.4, 0.5) is 11.9 Å². The number of nitrogens with one attached hydrogen (secondary N) is 1. The van der Waals surface area contributed by atoms with Crippen LogP contribution in [0.5, 0.6) is 6.01 Å². The van der Waals surface area contributed by atoms with Gasteiger partial charge in [0, 0.05) is 20.7 Å². The van der Waals surface area contributed by atoms with Crippen LogP contribution in [-0.2, 0) is 4.74 Å². The summed E-state index contributed by atoms with van der Waals surface area (Å²) in [6.07, 6.45) is 1.01. The molecule has 1 N–H and O–H groups in total. The second kappa shape index (κ2) is 6.01. The Morgan fingerprint density at radius 2 is 2.16 bits per heavy atom. The molecule has 1 aliphatic rings. The van der Waals surface area contributed by atoms with Gasteiger partial charge in [-0.05, 0) is 20.3 Å². The van der Waals surface area contributed by atoms with Crippen molar-refractivity contribution in [1.29, 1.82) is 0 Å². The van der Waals surface area contributed by atoms with E-state index in [9.17, 15) is 0 Å². The van der Waals surface area contributed by atoms with Crippen LogP contribution >= 0.6 is 0 Å². The number of likely N-dealkylation sites (N-methyl/N-ethyl adjacent to an activating group) is 1. The molecule has 1 saturated heterocycles. The van der Waals surface area contributed by atoms with Gasteiger partial charge in [0.15, 0.2) is 0 Å². The highest BCUT2D eigenvalue weighted by molar-refractivity contribution is 5.38. The van der Waals surface area contributed by atoms with Gasteiger partial charge in [-0.1, -0.05) is 0 Å². The molecule has 1 aromatic rings. The van der Waals surface area contributed by atoms with Crippen LogP contribution < -0.4 is 15.0 Å². The zero-order valence-electron chi connectivity index (χ0n) is 11.9. The maximum absolute atomic E-state index is 5.55. The molecular formula is C12H21N5O2. The summed E-state index contributed by atoms with van der Waals surface area (Å²) in [6.45, 7) is 5.37. The van der Waals surface area contributed by atoms with Crippen LogP contribution in [-0.4, -0.2) is 54.4 Å². The van der Waals surface area contributed by atoms with E-state index in [4.69, 9.17) is 9.47 Å². The van der Waals surface area contributed by atoms with Crippen LogP contribution in [0.25, 0.3) is 0 Å². The fraction of sp³-hybridized carbons (Fsp3) is 0.750. The fourth-order valence-electron chi connectivity index (χ4n) is 1.87. The Morgan fingerprint density at radius 1 is 1.37 bits per heavy atom. The van der Waals surface area contributed by atoms with Crippen LogP contribution in [0, 0.1) is 0 Å². The van der Waals surface area contributed by atoms with E-state index in [1.165, 1.54) is 0 Å². The van der Waals surface area contributed by atoms with Crippen LogP contribution in [0.2, 0.25) is 0 Å². The van der Waals surface area contributed by atoms with Crippen molar-refractivity contribution < 1.29 is 9.47 Å². The maximum atomic E-state index is 5.55. The Hall–Kier alpha value is -1.63. The topological polar surface area (TPSA) is 72.4 Å². The van der Waals surface area contributed by atoms with Gasteiger partial charge in [0.05, 0.1) is 18.8 Å². The van der Waals surface area contributed by atoms with E-state index in [1.54, 1.807) is 7.05 Å². The van der Waals surface area contributed by atoms with Gasteiger partial charge >= 0.3 is 6.01 Å². The molecule has 19 heavy (non-hydrogen) atoms. The predicted molar refractivity (Wildman–Crippen MR) is 72.8 cm³/mol. The SMILES string of the molecule is CNc1nc(OC(C)C)nc(N(C)C2CCOC2)n1. The van der Waals surface area contributed by atoms with Gasteiger partial charge in [-0.2, -0.15) is 15.0 Å². The number of hydrogen-bond donors (Lipinski definition) is 1. The first kappa shape index (κ1) is 13.8. The summed E-state index contributed by atoms with van der Waals surface area (Å²) in [6, 6.07) is 0.647. The largest absolute Gasteiger partial charge is 0.461 e. The smallest absolute Gasteiger partial charge is 0.323 e. The summed E-state index contributed by atoms with van der Waals surface area (Å²) in [4.78, 5) is 14.9. The van der Waals surface area contributed by atoms with E-state index < -0.39 is 0 Å². The first-order valence-electron chi connectivity index (χ1n) is 6.51. The van der Waals surface area contributed by atoms with E-state index in [0.717, 1.165) is 13.0 Å². The lowest BCUT2D eigenvalue weighted by Crippen LogP contribution is -2.33. The molecule has 7 heteroatoms. The Morgan fingerprint density at radius 3 is 2.74 bits per heavy atom. The molecule has 0 aliphatic carbocycles. The monoisotopic (exact) mass is 267 g/mol. The third-order valence-electron chi connectivity index (χ3n) is 2.94. The van der Waals surface area contributed by atoms with Gasteiger partial charge in [0.2, 0.25) is 11.9 Å². The Balaban J connectivity index is 2.22. The minimum absolute atomic E-state index is 0.0278. The van der Waals surface area contributed by atoms with Crippen molar-refractivity contribution in [2.75, 3.05) is 37.5 Å². The minimum atomic E-state index is 0.0278. The van der Waals surface area contributed by atoms with E-state index >= 15 is 0 Å². The number of hydrogen-bond acceptors (Lipinski definition) is 7. The van der Waals surface area contributed by atoms with E-state index in [-0.39, 0.29) is 6.10 Å². The molecular weight excluding hydrogens is 246 g/mol. The lowest BCUT2D eigenvalue weighted by Gasteiger charge is -2.23. The summed E-state index contributed by atoms with van der Waals surface area (Å²) in [5, 5.41) is 2.93. The average Bonchev–Trinajstić information content (AvgIpc) is 2.90. The molecule has 1 unspecified atom stereocenters. The Bertz CT molecular complexity index is 421. The first-order valence-corrected chi connectivity index (χ1v) is 6.51. The molecule has 0 spiro atoms. The third kappa shape index (κ3) is 3.44. The molecule has 2 heterocycles. The molecule has 0 aromatic carbocycles.